The first-order valence-electron chi connectivity index (χ1n) is 4.26. The number of hydrogen-bond acceptors (Lipinski definition) is 1. The summed E-state index contributed by atoms with van der Waals surface area (Å²) in [4.78, 5) is 3.78. The summed E-state index contributed by atoms with van der Waals surface area (Å²) in [5, 5.41) is 0. The Bertz CT molecular complexity index is 285. The number of nitrogens with zero attached hydrogens (tertiary/aromatic N) is 1. The maximum Gasteiger partial charge on any atom is 0.0267 e. The van der Waals surface area contributed by atoms with Crippen LogP contribution in [0.2, 0.25) is 0 Å². The van der Waals surface area contributed by atoms with Crippen LogP contribution in [0, 0.1) is 21.8 Å². The third kappa shape index (κ3) is 16.6. The van der Waals surface area contributed by atoms with Crippen LogP contribution in [0.15, 0.2) is 60.9 Å². The summed E-state index contributed by atoms with van der Waals surface area (Å²) in [6.45, 7) is 2.08. The predicted molar refractivity (Wildman–Crippen MR) is 68.2 cm³/mol. The first kappa shape index (κ1) is 26.2. The van der Waals surface area contributed by atoms with Crippen molar-refractivity contribution in [1.82, 2.24) is 4.98 Å². The van der Waals surface area contributed by atoms with E-state index in [-0.39, 0.29) is 80.3 Å². The van der Waals surface area contributed by atoms with Gasteiger partial charge in [0, 0.05) is 77.8 Å². The van der Waals surface area contributed by atoms with E-state index >= 15 is 0 Å². The van der Waals surface area contributed by atoms with Crippen LogP contribution in [-0.4, -0.2) is 4.98 Å². The Morgan fingerprint density at radius 2 is 1.12 bits per heavy atom. The minimum atomic E-state index is 0. The standard InChI is InChI=1S/C7H8.C5H5N.2CH3.2Y/c1-7-5-3-2-4-6-7;1-2-4-6-5-3-1;;;;/h2-6H,1H3;1-5H;2*1H3;;/q;;2*-1;;. The second kappa shape index (κ2) is 18.9. The molecule has 0 saturated carbocycles. The van der Waals surface area contributed by atoms with Gasteiger partial charge in [0.2, 0.25) is 0 Å². The molecule has 0 N–H and O–H groups in total. The number of hydrogen-bond donors (Lipinski definition) is 0. The summed E-state index contributed by atoms with van der Waals surface area (Å²) in [5.41, 5.74) is 1.32. The van der Waals surface area contributed by atoms with Gasteiger partial charge in [0.1, 0.15) is 0 Å². The van der Waals surface area contributed by atoms with E-state index in [1.165, 1.54) is 5.56 Å². The van der Waals surface area contributed by atoms with Gasteiger partial charge in [-0.25, -0.2) is 0 Å². The first-order valence-corrected chi connectivity index (χ1v) is 4.26. The normalized spacial score (nSPS) is 6.41. The topological polar surface area (TPSA) is 12.9 Å². The van der Waals surface area contributed by atoms with E-state index in [1.807, 2.05) is 36.4 Å². The van der Waals surface area contributed by atoms with Crippen LogP contribution in [0.25, 0.3) is 0 Å². The van der Waals surface area contributed by atoms with E-state index in [4.69, 9.17) is 0 Å². The van der Waals surface area contributed by atoms with Crippen molar-refractivity contribution in [2.24, 2.45) is 0 Å². The molecular weight excluding hydrogens is 360 g/mol. The Labute approximate surface area is 157 Å². The smallest absolute Gasteiger partial charge is 0.0267 e. The SMILES string of the molecule is Cc1ccccc1.[CH3-].[CH3-].[Y].[Y].c1ccncc1. The Balaban J connectivity index is -0.0000000810. The minimum Gasteiger partial charge on any atom is -0.358 e. The zero-order chi connectivity index (χ0) is 9.36. The third-order valence-electron chi connectivity index (χ3n) is 1.51. The first-order chi connectivity index (χ1) is 6.39. The van der Waals surface area contributed by atoms with Crippen molar-refractivity contribution in [3.8, 4) is 0 Å². The van der Waals surface area contributed by atoms with Crippen LogP contribution in [0.1, 0.15) is 5.56 Å². The van der Waals surface area contributed by atoms with Crippen LogP contribution >= 0.6 is 0 Å². The molecule has 0 atom stereocenters. The van der Waals surface area contributed by atoms with Crippen molar-refractivity contribution in [1.29, 1.82) is 0 Å². The molecule has 1 nitrogen and oxygen atoms in total. The summed E-state index contributed by atoms with van der Waals surface area (Å²) in [7, 11) is 0. The van der Waals surface area contributed by atoms with Crippen LogP contribution < -0.4 is 0 Å². The van der Waals surface area contributed by atoms with E-state index in [9.17, 15) is 0 Å². The Morgan fingerprint density at radius 3 is 1.29 bits per heavy atom. The van der Waals surface area contributed by atoms with Gasteiger partial charge in [0.25, 0.3) is 0 Å². The molecule has 88 valence electrons. The van der Waals surface area contributed by atoms with E-state index in [0.29, 0.717) is 0 Å². The van der Waals surface area contributed by atoms with Crippen LogP contribution in [0.3, 0.4) is 0 Å². The predicted octanol–water partition coefficient (Wildman–Crippen LogP) is 3.97. The van der Waals surface area contributed by atoms with Crippen molar-refractivity contribution in [3.05, 3.63) is 81.3 Å². The monoisotopic (exact) mass is 379 g/mol. The molecule has 0 spiro atoms. The van der Waals surface area contributed by atoms with E-state index < -0.39 is 0 Å². The number of rotatable bonds is 0. The van der Waals surface area contributed by atoms with Crippen LogP contribution in [-0.2, 0) is 65.4 Å². The fourth-order valence-electron chi connectivity index (χ4n) is 0.847. The summed E-state index contributed by atoms with van der Waals surface area (Å²) in [5.74, 6) is 0. The van der Waals surface area contributed by atoms with Gasteiger partial charge in [-0.3, -0.25) is 4.98 Å². The van der Waals surface area contributed by atoms with Gasteiger partial charge in [-0.05, 0) is 19.1 Å². The minimum absolute atomic E-state index is 0. The largest absolute Gasteiger partial charge is 0.358 e. The molecular formula is C14H19NY2-2. The molecule has 3 heteroatoms. The molecule has 1 heterocycles. The molecule has 0 unspecified atom stereocenters. The molecule has 1 aromatic carbocycles. The number of benzene rings is 1. The summed E-state index contributed by atoms with van der Waals surface area (Å²) < 4.78 is 0. The van der Waals surface area contributed by atoms with Crippen molar-refractivity contribution in [3.63, 3.8) is 0 Å². The molecule has 0 amide bonds. The Morgan fingerprint density at radius 1 is 0.706 bits per heavy atom. The maximum atomic E-state index is 3.78. The molecule has 1 aromatic heterocycles. The zero-order valence-electron chi connectivity index (χ0n) is 10.9. The van der Waals surface area contributed by atoms with Crippen LogP contribution in [0.5, 0.6) is 0 Å². The number of aryl methyl sites for hydroxylation is 1. The molecule has 0 bridgehead atoms. The third-order valence-corrected chi connectivity index (χ3v) is 1.51. The van der Waals surface area contributed by atoms with Gasteiger partial charge in [-0.15, -0.1) is 0 Å². The number of aromatic nitrogens is 1. The average molecular weight is 379 g/mol. The quantitative estimate of drug-likeness (QED) is 0.632. The van der Waals surface area contributed by atoms with Gasteiger partial charge in [0.05, 0.1) is 0 Å². The summed E-state index contributed by atoms with van der Waals surface area (Å²) in [6.07, 6.45) is 3.50. The molecule has 2 radical (unpaired) electrons. The Hall–Kier alpha value is 0.578. The number of pyridine rings is 1. The van der Waals surface area contributed by atoms with Gasteiger partial charge in [-0.1, -0.05) is 42.0 Å². The zero-order valence-corrected chi connectivity index (χ0v) is 16.6. The molecule has 2 rings (SSSR count). The van der Waals surface area contributed by atoms with Crippen LogP contribution in [0.4, 0.5) is 0 Å². The van der Waals surface area contributed by atoms with E-state index in [0.717, 1.165) is 0 Å². The molecule has 0 fully saturated rings. The summed E-state index contributed by atoms with van der Waals surface area (Å²) in [6, 6.07) is 16.0. The molecule has 17 heavy (non-hydrogen) atoms. The van der Waals surface area contributed by atoms with Crippen molar-refractivity contribution < 1.29 is 65.4 Å². The second-order valence-corrected chi connectivity index (χ2v) is 2.68. The molecule has 0 saturated heterocycles. The maximum absolute atomic E-state index is 3.78. The molecule has 0 aliphatic rings. The van der Waals surface area contributed by atoms with Crippen molar-refractivity contribution in [2.75, 3.05) is 0 Å². The summed E-state index contributed by atoms with van der Waals surface area (Å²) >= 11 is 0. The average Bonchev–Trinajstić information content (AvgIpc) is 2.22. The molecule has 0 aliphatic carbocycles. The van der Waals surface area contributed by atoms with Crippen molar-refractivity contribution in [2.45, 2.75) is 6.92 Å². The molecule has 2 aromatic rings. The second-order valence-electron chi connectivity index (χ2n) is 2.68. The van der Waals surface area contributed by atoms with E-state index in [2.05, 4.69) is 24.0 Å². The van der Waals surface area contributed by atoms with Crippen molar-refractivity contribution >= 4 is 0 Å². The van der Waals surface area contributed by atoms with E-state index in [1.54, 1.807) is 12.4 Å². The van der Waals surface area contributed by atoms with Gasteiger partial charge >= 0.3 is 0 Å². The Kier molecular flexibility index (Phi) is 29.2. The molecule has 0 aliphatic heterocycles. The van der Waals surface area contributed by atoms with Gasteiger partial charge < -0.3 is 14.9 Å². The fraction of sp³-hybridized carbons (Fsp3) is 0.0714. The van der Waals surface area contributed by atoms with Gasteiger partial charge in [-0.2, -0.15) is 0 Å². The van der Waals surface area contributed by atoms with Gasteiger partial charge in [0.15, 0.2) is 0 Å². The fourth-order valence-corrected chi connectivity index (χ4v) is 0.847.